The number of hydrogen-bond donors (Lipinski definition) is 1. The van der Waals surface area contributed by atoms with Gasteiger partial charge in [-0.25, -0.2) is 8.42 Å². The van der Waals surface area contributed by atoms with E-state index in [0.29, 0.717) is 26.7 Å². The van der Waals surface area contributed by atoms with Gasteiger partial charge in [0.15, 0.2) is 0 Å². The fourth-order valence-electron chi connectivity index (χ4n) is 3.91. The van der Waals surface area contributed by atoms with Gasteiger partial charge in [-0.1, -0.05) is 65.7 Å². The summed E-state index contributed by atoms with van der Waals surface area (Å²) < 4.78 is 26.9. The maximum absolute atomic E-state index is 13.8. The van der Waals surface area contributed by atoms with Crippen molar-refractivity contribution in [3.8, 4) is 0 Å². The molecule has 1 unspecified atom stereocenters. The first-order chi connectivity index (χ1) is 17.2. The van der Waals surface area contributed by atoms with Crippen molar-refractivity contribution in [1.82, 2.24) is 10.2 Å². The predicted molar refractivity (Wildman–Crippen MR) is 151 cm³/mol. The van der Waals surface area contributed by atoms with Gasteiger partial charge in [0.1, 0.15) is 12.6 Å². The minimum atomic E-state index is -3.86. The predicted octanol–water partition coefficient (Wildman–Crippen LogP) is 5.24. The van der Waals surface area contributed by atoms with Crippen LogP contribution >= 0.6 is 23.2 Å². The van der Waals surface area contributed by atoms with E-state index in [-0.39, 0.29) is 12.5 Å². The van der Waals surface area contributed by atoms with Gasteiger partial charge < -0.3 is 10.2 Å². The standard InChI is InChI=1S/C27H31Cl2N3O4S/c1-18(26(34)30-27(2,3)4)31(16-20-13-14-21(28)15-23(20)29)25(33)17-32(37(5,35)36)24-12-8-10-19-9-6-7-11-22(19)24/h6-15,18H,16-17H2,1-5H3,(H,30,34). The van der Waals surface area contributed by atoms with E-state index in [9.17, 15) is 18.0 Å². The topological polar surface area (TPSA) is 86.8 Å². The van der Waals surface area contributed by atoms with E-state index in [1.54, 1.807) is 43.3 Å². The second-order valence-electron chi connectivity index (χ2n) is 9.94. The molecular weight excluding hydrogens is 533 g/mol. The number of nitrogens with zero attached hydrogens (tertiary/aromatic N) is 2. The zero-order valence-corrected chi connectivity index (χ0v) is 23.8. The Labute approximate surface area is 228 Å². The highest BCUT2D eigenvalue weighted by atomic mass is 35.5. The van der Waals surface area contributed by atoms with Gasteiger partial charge in [0.2, 0.25) is 21.8 Å². The van der Waals surface area contributed by atoms with Gasteiger partial charge >= 0.3 is 0 Å². The minimum Gasteiger partial charge on any atom is -0.350 e. The fraction of sp³-hybridized carbons (Fsp3) is 0.333. The molecule has 0 aliphatic rings. The number of hydrogen-bond acceptors (Lipinski definition) is 4. The molecular formula is C27H31Cl2N3O4S. The molecule has 3 aromatic rings. The summed E-state index contributed by atoms with van der Waals surface area (Å²) in [5.74, 6) is -0.928. The zero-order valence-electron chi connectivity index (χ0n) is 21.5. The summed E-state index contributed by atoms with van der Waals surface area (Å²) in [7, 11) is -3.86. The largest absolute Gasteiger partial charge is 0.350 e. The van der Waals surface area contributed by atoms with E-state index in [0.717, 1.165) is 15.9 Å². The number of carbonyl (C=O) groups is 2. The highest BCUT2D eigenvalue weighted by Gasteiger charge is 2.32. The van der Waals surface area contributed by atoms with Crippen molar-refractivity contribution < 1.29 is 18.0 Å². The molecule has 0 heterocycles. The van der Waals surface area contributed by atoms with Crippen molar-refractivity contribution in [3.05, 3.63) is 76.3 Å². The van der Waals surface area contributed by atoms with Crippen molar-refractivity contribution in [3.63, 3.8) is 0 Å². The summed E-state index contributed by atoms with van der Waals surface area (Å²) in [5.41, 5.74) is 0.427. The Morgan fingerprint density at radius 2 is 1.65 bits per heavy atom. The number of fused-ring (bicyclic) bond motifs is 1. The van der Waals surface area contributed by atoms with Crippen LogP contribution in [0.25, 0.3) is 10.8 Å². The number of carbonyl (C=O) groups excluding carboxylic acids is 2. The van der Waals surface area contributed by atoms with Crippen LogP contribution in [0.4, 0.5) is 5.69 Å². The SMILES string of the molecule is CC(C(=O)NC(C)(C)C)N(Cc1ccc(Cl)cc1Cl)C(=O)CN(c1cccc2ccccc12)S(C)(=O)=O. The van der Waals surface area contributed by atoms with Crippen molar-refractivity contribution in [2.45, 2.75) is 45.8 Å². The van der Waals surface area contributed by atoms with Crippen LogP contribution in [-0.2, 0) is 26.2 Å². The van der Waals surface area contributed by atoms with Gasteiger partial charge in [0.05, 0.1) is 11.9 Å². The van der Waals surface area contributed by atoms with Gasteiger partial charge in [-0.3, -0.25) is 13.9 Å². The Morgan fingerprint density at radius 1 is 1.00 bits per heavy atom. The van der Waals surface area contributed by atoms with E-state index < -0.39 is 34.1 Å². The van der Waals surface area contributed by atoms with Crippen molar-refractivity contribution in [1.29, 1.82) is 0 Å². The lowest BCUT2D eigenvalue weighted by Gasteiger charge is -2.33. The van der Waals surface area contributed by atoms with E-state index in [1.807, 2.05) is 45.0 Å². The molecule has 0 spiro atoms. The summed E-state index contributed by atoms with van der Waals surface area (Å²) in [5, 5.41) is 5.18. The number of benzene rings is 3. The highest BCUT2D eigenvalue weighted by molar-refractivity contribution is 7.92. The Balaban J connectivity index is 2.02. The van der Waals surface area contributed by atoms with E-state index in [2.05, 4.69) is 5.32 Å². The molecule has 0 aromatic heterocycles. The lowest BCUT2D eigenvalue weighted by atomic mass is 10.1. The molecule has 0 aliphatic carbocycles. The average molecular weight is 565 g/mol. The summed E-state index contributed by atoms with van der Waals surface area (Å²) >= 11 is 12.4. The molecule has 0 radical (unpaired) electrons. The molecule has 1 atom stereocenters. The first kappa shape index (κ1) is 28.8. The number of nitrogens with one attached hydrogen (secondary N) is 1. The molecule has 2 amide bonds. The second-order valence-corrected chi connectivity index (χ2v) is 12.7. The van der Waals surface area contributed by atoms with Gasteiger partial charge in [0.25, 0.3) is 0 Å². The number of rotatable bonds is 8. The molecule has 3 rings (SSSR count). The lowest BCUT2D eigenvalue weighted by molar-refractivity contribution is -0.140. The first-order valence-corrected chi connectivity index (χ1v) is 14.3. The summed E-state index contributed by atoms with van der Waals surface area (Å²) in [4.78, 5) is 28.2. The second kappa shape index (κ2) is 11.3. The van der Waals surface area contributed by atoms with Gasteiger partial charge in [0, 0.05) is 27.5 Å². The summed E-state index contributed by atoms with van der Waals surface area (Å²) in [6.45, 7) is 6.61. The summed E-state index contributed by atoms with van der Waals surface area (Å²) in [6, 6.07) is 16.6. The van der Waals surface area contributed by atoms with Crippen LogP contribution in [0, 0.1) is 0 Å². The number of amides is 2. The molecule has 0 saturated heterocycles. The number of anilines is 1. The molecule has 1 N–H and O–H groups in total. The van der Waals surface area contributed by atoms with Crippen molar-refractivity contribution >= 4 is 61.5 Å². The van der Waals surface area contributed by atoms with Gasteiger partial charge in [-0.05, 0) is 56.8 Å². The van der Waals surface area contributed by atoms with E-state index in [4.69, 9.17) is 23.2 Å². The van der Waals surface area contributed by atoms with E-state index >= 15 is 0 Å². The smallest absolute Gasteiger partial charge is 0.244 e. The third-order valence-electron chi connectivity index (χ3n) is 5.74. The van der Waals surface area contributed by atoms with Crippen molar-refractivity contribution in [2.75, 3.05) is 17.1 Å². The van der Waals surface area contributed by atoms with Gasteiger partial charge in [-0.2, -0.15) is 0 Å². The highest BCUT2D eigenvalue weighted by Crippen LogP contribution is 2.29. The first-order valence-electron chi connectivity index (χ1n) is 11.7. The van der Waals surface area contributed by atoms with Crippen LogP contribution in [0.2, 0.25) is 10.0 Å². The van der Waals surface area contributed by atoms with E-state index in [1.165, 1.54) is 4.90 Å². The van der Waals surface area contributed by atoms with Crippen LogP contribution in [0.5, 0.6) is 0 Å². The van der Waals surface area contributed by atoms with Crippen LogP contribution in [0.15, 0.2) is 60.7 Å². The molecule has 0 bridgehead atoms. The number of sulfonamides is 1. The molecule has 37 heavy (non-hydrogen) atoms. The molecule has 0 saturated carbocycles. The van der Waals surface area contributed by atoms with Crippen LogP contribution in [0.3, 0.4) is 0 Å². The molecule has 3 aromatic carbocycles. The molecule has 10 heteroatoms. The fourth-order valence-corrected chi connectivity index (χ4v) is 5.24. The van der Waals surface area contributed by atoms with Crippen molar-refractivity contribution in [2.24, 2.45) is 0 Å². The Morgan fingerprint density at radius 3 is 2.27 bits per heavy atom. The van der Waals surface area contributed by atoms with Gasteiger partial charge in [-0.15, -0.1) is 0 Å². The Bertz CT molecular complexity index is 1420. The third kappa shape index (κ3) is 7.37. The molecule has 0 fully saturated rings. The van der Waals surface area contributed by atoms with Crippen LogP contribution in [-0.4, -0.2) is 49.5 Å². The normalized spacial score (nSPS) is 12.7. The molecule has 0 aliphatic heterocycles. The maximum atomic E-state index is 13.8. The minimum absolute atomic E-state index is 0.0132. The summed E-state index contributed by atoms with van der Waals surface area (Å²) in [6.07, 6.45) is 1.05. The van der Waals surface area contributed by atoms with Crippen LogP contribution < -0.4 is 9.62 Å². The average Bonchev–Trinajstić information content (AvgIpc) is 2.79. The quantitative estimate of drug-likeness (QED) is 0.405. The zero-order chi connectivity index (χ0) is 27.5. The molecule has 7 nitrogen and oxygen atoms in total. The third-order valence-corrected chi connectivity index (χ3v) is 7.45. The monoisotopic (exact) mass is 563 g/mol. The Hall–Kier alpha value is -2.81. The maximum Gasteiger partial charge on any atom is 0.244 e. The number of halogens is 2. The molecule has 198 valence electrons. The Kier molecular flexibility index (Phi) is 8.78. The lowest BCUT2D eigenvalue weighted by Crippen LogP contribution is -2.54. The van der Waals surface area contributed by atoms with Crippen LogP contribution in [0.1, 0.15) is 33.3 Å².